The zero-order valence-electron chi connectivity index (χ0n) is 34.5. The maximum atomic E-state index is 13.0. The van der Waals surface area contributed by atoms with Gasteiger partial charge in [0.05, 0.1) is 61.2 Å². The third-order valence-corrected chi connectivity index (χ3v) is 11.4. The quantitative estimate of drug-likeness (QED) is 0.122. The van der Waals surface area contributed by atoms with Crippen molar-refractivity contribution in [3.63, 3.8) is 0 Å². The molecule has 3 aliphatic rings. The van der Waals surface area contributed by atoms with E-state index in [1.165, 1.54) is 19.2 Å². The average Bonchev–Trinajstić information content (AvgIpc) is 3.16. The minimum atomic E-state index is -2.34. The lowest BCUT2D eigenvalue weighted by atomic mass is 9.74. The van der Waals surface area contributed by atoms with Gasteiger partial charge in [0.25, 0.3) is 0 Å². The lowest BCUT2D eigenvalue weighted by Crippen LogP contribution is -2.62. The predicted octanol–water partition coefficient (Wildman–Crippen LogP) is 5.77. The van der Waals surface area contributed by atoms with Gasteiger partial charge in [0.2, 0.25) is 5.79 Å². The van der Waals surface area contributed by atoms with Crippen molar-refractivity contribution in [3.05, 3.63) is 56.6 Å². The van der Waals surface area contributed by atoms with E-state index in [0.717, 1.165) is 13.0 Å². The van der Waals surface area contributed by atoms with Crippen LogP contribution in [0.5, 0.6) is 0 Å². The Hall–Kier alpha value is -3.03. The molecule has 1 aromatic carbocycles. The zero-order chi connectivity index (χ0) is 44.4. The van der Waals surface area contributed by atoms with E-state index in [1.807, 2.05) is 13.8 Å². The standard InChI is InChI=1S/C41H55Cl3O16/c1-23(46)57-37-24(14-34(48)52-6)13-28-18-29(20-45)58-35(49)17-26(47)8-11-53-33(19-27-9-12-54-36(59-27)7-10-40(4,5)41(37,51)60-28)39(2,3)22-56-38(50)55-21-30-31(43)15-25(42)16-32(30)44/h7,10,14-16,26-29,33,36-37,45,47,51H,8-9,11-13,17-22H2,1-6H3/b10-7+,24-14+/t26-,27+,28+,29-,33+,36+,37+,41-/m1/s1. The first kappa shape index (κ1) is 49.6. The van der Waals surface area contributed by atoms with E-state index in [9.17, 15) is 34.5 Å². The fraction of sp³-hybridized carbons (Fsp3) is 0.659. The van der Waals surface area contributed by atoms with Gasteiger partial charge in [-0.1, -0.05) is 68.6 Å². The molecule has 19 heteroatoms. The van der Waals surface area contributed by atoms with Crippen LogP contribution in [0.2, 0.25) is 15.1 Å². The van der Waals surface area contributed by atoms with E-state index in [-0.39, 0.29) is 67.7 Å². The smallest absolute Gasteiger partial charge is 0.466 e. The summed E-state index contributed by atoms with van der Waals surface area (Å²) in [5.41, 5.74) is -1.76. The van der Waals surface area contributed by atoms with Crippen molar-refractivity contribution >= 4 is 58.9 Å². The van der Waals surface area contributed by atoms with Crippen molar-refractivity contribution < 1.29 is 77.1 Å². The Kier molecular flexibility index (Phi) is 18.1. The van der Waals surface area contributed by atoms with Crippen LogP contribution in [0.1, 0.15) is 78.7 Å². The lowest BCUT2D eigenvalue weighted by molar-refractivity contribution is -0.327. The van der Waals surface area contributed by atoms with E-state index in [0.29, 0.717) is 17.0 Å². The molecule has 0 amide bonds. The average molecular weight is 910 g/mol. The van der Waals surface area contributed by atoms with Crippen molar-refractivity contribution in [2.45, 2.75) is 128 Å². The highest BCUT2D eigenvalue weighted by Gasteiger charge is 2.57. The number of halogens is 3. The number of hydrogen-bond donors (Lipinski definition) is 3. The fourth-order valence-corrected chi connectivity index (χ4v) is 7.92. The van der Waals surface area contributed by atoms with Crippen LogP contribution in [0.15, 0.2) is 35.9 Å². The van der Waals surface area contributed by atoms with E-state index in [4.69, 9.17) is 77.4 Å². The highest BCUT2D eigenvalue weighted by Crippen LogP contribution is 2.47. The number of rotatable bonds is 8. The van der Waals surface area contributed by atoms with Crippen LogP contribution < -0.4 is 0 Å². The molecule has 3 N–H and O–H groups in total. The van der Waals surface area contributed by atoms with E-state index in [1.54, 1.807) is 26.0 Å². The second-order valence-electron chi connectivity index (χ2n) is 16.2. The molecule has 1 aromatic rings. The number of aliphatic hydroxyl groups is 3. The van der Waals surface area contributed by atoms with Crippen LogP contribution in [0, 0.1) is 10.8 Å². The Labute approximate surface area is 364 Å². The topological polar surface area (TPSA) is 212 Å². The van der Waals surface area contributed by atoms with E-state index < -0.39 is 96.6 Å². The van der Waals surface area contributed by atoms with Gasteiger partial charge in [-0.3, -0.25) is 9.59 Å². The van der Waals surface area contributed by atoms with Gasteiger partial charge in [-0.05, 0) is 43.0 Å². The summed E-state index contributed by atoms with van der Waals surface area (Å²) in [4.78, 5) is 50.7. The molecule has 0 aliphatic carbocycles. The number of esters is 3. The van der Waals surface area contributed by atoms with Crippen molar-refractivity contribution in [1.29, 1.82) is 0 Å². The molecule has 8 atom stereocenters. The maximum Gasteiger partial charge on any atom is 0.508 e. The molecular formula is C41H55Cl3O16. The van der Waals surface area contributed by atoms with Gasteiger partial charge >= 0.3 is 24.1 Å². The van der Waals surface area contributed by atoms with Crippen molar-refractivity contribution in [3.8, 4) is 0 Å². The lowest BCUT2D eigenvalue weighted by Gasteiger charge is -2.50. The number of carbonyl (C=O) groups is 4. The summed E-state index contributed by atoms with van der Waals surface area (Å²) in [6, 6.07) is 2.94. The van der Waals surface area contributed by atoms with Gasteiger partial charge in [0.15, 0.2) is 12.4 Å². The second kappa shape index (κ2) is 21.9. The van der Waals surface area contributed by atoms with Gasteiger partial charge in [0.1, 0.15) is 19.3 Å². The summed E-state index contributed by atoms with van der Waals surface area (Å²) in [6.07, 6.45) is -3.47. The van der Waals surface area contributed by atoms with Crippen LogP contribution in [-0.2, 0) is 63.6 Å². The molecule has 4 bridgehead atoms. The summed E-state index contributed by atoms with van der Waals surface area (Å²) < 4.78 is 51.6. The van der Waals surface area contributed by atoms with Crippen molar-refractivity contribution in [1.82, 2.24) is 0 Å². The molecular weight excluding hydrogens is 855 g/mol. The Bertz CT molecular complexity index is 1710. The van der Waals surface area contributed by atoms with Gasteiger partial charge < -0.3 is 58.0 Å². The molecule has 0 spiro atoms. The summed E-state index contributed by atoms with van der Waals surface area (Å²) in [5, 5.41) is 34.3. The molecule has 16 nitrogen and oxygen atoms in total. The van der Waals surface area contributed by atoms with Crippen LogP contribution in [0.25, 0.3) is 0 Å². The molecule has 0 radical (unpaired) electrons. The summed E-state index contributed by atoms with van der Waals surface area (Å²) in [5.74, 6) is -4.71. The fourth-order valence-electron chi connectivity index (χ4n) is 6.99. The van der Waals surface area contributed by atoms with Crippen molar-refractivity contribution in [2.24, 2.45) is 10.8 Å². The first-order chi connectivity index (χ1) is 28.2. The van der Waals surface area contributed by atoms with Gasteiger partial charge in [0, 0.05) is 53.9 Å². The number of cyclic esters (lactones) is 1. The minimum absolute atomic E-state index is 0.00196. The van der Waals surface area contributed by atoms with Gasteiger partial charge in [-0.15, -0.1) is 0 Å². The number of ether oxygens (including phenoxy) is 9. The third kappa shape index (κ3) is 13.7. The monoisotopic (exact) mass is 908 g/mol. The first-order valence-electron chi connectivity index (χ1n) is 19.5. The molecule has 0 saturated carbocycles. The molecule has 3 heterocycles. The largest absolute Gasteiger partial charge is 0.508 e. The maximum absolute atomic E-state index is 13.0. The summed E-state index contributed by atoms with van der Waals surface area (Å²) in [7, 11) is 1.17. The van der Waals surface area contributed by atoms with Crippen LogP contribution in [0.4, 0.5) is 4.79 Å². The number of methoxy groups -OCH3 is 1. The highest BCUT2D eigenvalue weighted by atomic mass is 35.5. The first-order valence-corrected chi connectivity index (χ1v) is 20.6. The normalized spacial score (nSPS) is 30.6. The molecule has 2 saturated heterocycles. The number of carbonyl (C=O) groups excluding carboxylic acids is 4. The van der Waals surface area contributed by atoms with Gasteiger partial charge in [-0.2, -0.15) is 0 Å². The number of hydrogen-bond acceptors (Lipinski definition) is 16. The second-order valence-corrected chi connectivity index (χ2v) is 17.4. The highest BCUT2D eigenvalue weighted by molar-refractivity contribution is 6.39. The summed E-state index contributed by atoms with van der Waals surface area (Å²) in [6.45, 7) is 7.22. The Morgan fingerprint density at radius 1 is 1.00 bits per heavy atom. The third-order valence-electron chi connectivity index (χ3n) is 10.5. The molecule has 0 aromatic heterocycles. The van der Waals surface area contributed by atoms with Crippen LogP contribution >= 0.6 is 34.8 Å². The molecule has 336 valence electrons. The van der Waals surface area contributed by atoms with Crippen LogP contribution in [-0.4, -0.2) is 122 Å². The number of benzene rings is 1. The molecule has 2 fully saturated rings. The van der Waals surface area contributed by atoms with E-state index >= 15 is 0 Å². The Balaban J connectivity index is 1.61. The molecule has 0 unspecified atom stereocenters. The molecule has 3 aliphatic heterocycles. The Morgan fingerprint density at radius 2 is 1.68 bits per heavy atom. The molecule has 4 rings (SSSR count). The predicted molar refractivity (Wildman–Crippen MR) is 215 cm³/mol. The SMILES string of the molecule is COC(=O)/C=C1\C[C@H]2C[C@H](CO)OC(=O)C[C@H](O)CCO[C@H](C(C)(C)COC(=O)OCc3c(Cl)cc(Cl)cc3Cl)C[C@@H]3CCO[C@H](/C=C/C(C)(C)[C@](O)(O2)[C@H]1OC(C)=O)O3. The Morgan fingerprint density at radius 3 is 2.33 bits per heavy atom. The summed E-state index contributed by atoms with van der Waals surface area (Å²) >= 11 is 18.4. The number of fused-ring (bicyclic) bond motifs is 4. The van der Waals surface area contributed by atoms with Crippen molar-refractivity contribution in [2.75, 3.05) is 33.5 Å². The van der Waals surface area contributed by atoms with Crippen LogP contribution in [0.3, 0.4) is 0 Å². The van der Waals surface area contributed by atoms with E-state index in [2.05, 4.69) is 0 Å². The zero-order valence-corrected chi connectivity index (χ0v) is 36.8. The molecule has 60 heavy (non-hydrogen) atoms. The number of aliphatic hydroxyl groups excluding tert-OH is 2. The van der Waals surface area contributed by atoms with Gasteiger partial charge in [-0.25, -0.2) is 9.59 Å². The minimum Gasteiger partial charge on any atom is -0.466 e.